The minimum Gasteiger partial charge on any atom is -0.492 e. The molecule has 176 valence electrons. The van der Waals surface area contributed by atoms with Gasteiger partial charge in [-0.3, -0.25) is 14.6 Å². The number of hydrogen-bond acceptors (Lipinski definition) is 7. The Labute approximate surface area is 199 Å². The lowest BCUT2D eigenvalue weighted by atomic mass is 10.0. The monoisotopic (exact) mass is 482 g/mol. The number of carbonyl (C=O) groups excluding carboxylic acids is 1. The van der Waals surface area contributed by atoms with E-state index in [1.165, 1.54) is 18.3 Å². The molecule has 0 bridgehead atoms. The summed E-state index contributed by atoms with van der Waals surface area (Å²) in [5, 5.41) is 12.5. The zero-order chi connectivity index (χ0) is 24.3. The number of carboxylic acid groups (broad SMARTS) is 1. The lowest BCUT2D eigenvalue weighted by Crippen LogP contribution is -2.18. The highest BCUT2D eigenvalue weighted by atomic mass is 32.1. The Morgan fingerprint density at radius 3 is 2.71 bits per heavy atom. The lowest BCUT2D eigenvalue weighted by molar-refractivity contribution is -0.122. The van der Waals surface area contributed by atoms with Crippen molar-refractivity contribution in [3.63, 3.8) is 0 Å². The fourth-order valence-corrected chi connectivity index (χ4v) is 4.26. The van der Waals surface area contributed by atoms with Crippen LogP contribution in [0.15, 0.2) is 54.4 Å². The first-order chi connectivity index (χ1) is 16.6. The van der Waals surface area contributed by atoms with Crippen molar-refractivity contribution in [1.29, 1.82) is 0 Å². The second kappa shape index (κ2) is 12.4. The number of fused-ring (bicyclic) bond motifs is 1. The van der Waals surface area contributed by atoms with Crippen molar-refractivity contribution in [3.05, 3.63) is 71.5 Å². The summed E-state index contributed by atoms with van der Waals surface area (Å²) in [5.74, 6) is 0.122. The molecule has 10 heteroatoms. The highest BCUT2D eigenvalue weighted by molar-refractivity contribution is 7.17. The Hall–Kier alpha value is -3.92. The molecule has 1 aromatic carbocycles. The minimum atomic E-state index is -0.254. The molecule has 0 atom stereocenters. The number of rotatable bonds is 8. The van der Waals surface area contributed by atoms with Crippen LogP contribution >= 0.6 is 11.3 Å². The second-order valence-electron chi connectivity index (χ2n) is 7.06. The number of nitrogens with one attached hydrogen (secondary N) is 1. The number of unbranched alkanes of at least 4 members (excludes halogenated alkanes) is 1. The van der Waals surface area contributed by atoms with Gasteiger partial charge in [0.05, 0.1) is 24.1 Å². The summed E-state index contributed by atoms with van der Waals surface area (Å²) in [6, 6.07) is 8.17. The van der Waals surface area contributed by atoms with E-state index in [0.717, 1.165) is 46.3 Å². The number of carbonyl (C=O) groups is 2. The molecule has 3 heterocycles. The summed E-state index contributed by atoms with van der Waals surface area (Å²) in [4.78, 5) is 33.9. The zero-order valence-electron chi connectivity index (χ0n) is 18.4. The maximum absolute atomic E-state index is 13.3. The normalized spacial score (nSPS) is 10.3. The molecule has 0 saturated heterocycles. The molecule has 0 aliphatic carbocycles. The van der Waals surface area contributed by atoms with Crippen LogP contribution in [-0.2, 0) is 11.2 Å². The topological polar surface area (TPSA) is 114 Å². The van der Waals surface area contributed by atoms with E-state index in [1.807, 2.05) is 5.38 Å². The quantitative estimate of drug-likeness (QED) is 0.283. The lowest BCUT2D eigenvalue weighted by Gasteiger charge is -2.08. The molecule has 8 nitrogen and oxygen atoms in total. The summed E-state index contributed by atoms with van der Waals surface area (Å²) in [5.41, 5.74) is 3.43. The van der Waals surface area contributed by atoms with Gasteiger partial charge in [0.25, 0.3) is 12.4 Å². The average molecular weight is 483 g/mol. The maximum Gasteiger partial charge on any atom is 0.290 e. The third kappa shape index (κ3) is 6.32. The van der Waals surface area contributed by atoms with Crippen LogP contribution in [0.2, 0.25) is 0 Å². The van der Waals surface area contributed by atoms with E-state index >= 15 is 0 Å². The van der Waals surface area contributed by atoms with Gasteiger partial charge in [-0.25, -0.2) is 14.4 Å². The molecule has 0 spiro atoms. The van der Waals surface area contributed by atoms with Crippen LogP contribution in [0.5, 0.6) is 5.75 Å². The smallest absolute Gasteiger partial charge is 0.290 e. The summed E-state index contributed by atoms with van der Waals surface area (Å²) < 4.78 is 19.1. The molecule has 0 radical (unpaired) electrons. The first-order valence-corrected chi connectivity index (χ1v) is 11.3. The van der Waals surface area contributed by atoms with E-state index in [0.29, 0.717) is 17.9 Å². The molecule has 0 saturated carbocycles. The Morgan fingerprint density at radius 2 is 1.97 bits per heavy atom. The van der Waals surface area contributed by atoms with Crippen molar-refractivity contribution >= 4 is 33.9 Å². The number of pyridine rings is 1. The molecule has 0 unspecified atom stereocenters. The molecule has 4 aromatic rings. The van der Waals surface area contributed by atoms with Gasteiger partial charge in [-0.2, -0.15) is 0 Å². The molecule has 0 aliphatic heterocycles. The number of ether oxygens (including phenoxy) is 1. The summed E-state index contributed by atoms with van der Waals surface area (Å²) in [6.45, 7) is 0.265. The number of halogens is 1. The number of thiophene rings is 1. The number of aryl methyl sites for hydroxylation is 1. The summed E-state index contributed by atoms with van der Waals surface area (Å²) >= 11 is 1.56. The van der Waals surface area contributed by atoms with Crippen LogP contribution in [0.1, 0.15) is 28.9 Å². The van der Waals surface area contributed by atoms with Gasteiger partial charge in [-0.15, -0.1) is 11.3 Å². The first-order valence-electron chi connectivity index (χ1n) is 10.4. The van der Waals surface area contributed by atoms with Gasteiger partial charge in [0.15, 0.2) is 0 Å². The molecule has 0 fully saturated rings. The Morgan fingerprint density at radius 1 is 1.21 bits per heavy atom. The van der Waals surface area contributed by atoms with Crippen LogP contribution in [0.3, 0.4) is 0 Å². The SMILES string of the molecule is CNC(=O)c1cncc(OCCCCc2ncnc3scc(-c4ccc(F)cc4)c23)c1.O=CO. The summed E-state index contributed by atoms with van der Waals surface area (Å²) in [6.07, 6.45) is 7.18. The zero-order valence-corrected chi connectivity index (χ0v) is 19.2. The first kappa shape index (κ1) is 24.7. The highest BCUT2D eigenvalue weighted by Gasteiger charge is 2.13. The standard InChI is InChI=1S/C23H21FN4O2S.CH2O2/c1-25-22(29)16-10-18(12-26-11-16)30-9-3-2-4-20-21-19(13-31-23(21)28-14-27-20)15-5-7-17(24)8-6-15;2-1-3/h5-8,10-14H,2-4,9H2,1H3,(H,25,29);1H,(H,2,3). The average Bonchev–Trinajstić information content (AvgIpc) is 3.29. The van der Waals surface area contributed by atoms with Gasteiger partial charge in [-0.1, -0.05) is 12.1 Å². The summed E-state index contributed by atoms with van der Waals surface area (Å²) in [7, 11) is 1.58. The van der Waals surface area contributed by atoms with Gasteiger partial charge in [-0.05, 0) is 43.0 Å². The van der Waals surface area contributed by atoms with Crippen molar-refractivity contribution in [1.82, 2.24) is 20.3 Å². The van der Waals surface area contributed by atoms with E-state index in [2.05, 4.69) is 20.3 Å². The van der Waals surface area contributed by atoms with Crippen LogP contribution in [0.4, 0.5) is 4.39 Å². The van der Waals surface area contributed by atoms with Crippen molar-refractivity contribution in [3.8, 4) is 16.9 Å². The highest BCUT2D eigenvalue weighted by Crippen LogP contribution is 2.34. The van der Waals surface area contributed by atoms with Gasteiger partial charge in [0.1, 0.15) is 22.7 Å². The predicted molar refractivity (Wildman–Crippen MR) is 128 cm³/mol. The van der Waals surface area contributed by atoms with E-state index in [-0.39, 0.29) is 18.2 Å². The van der Waals surface area contributed by atoms with Crippen LogP contribution in [-0.4, -0.2) is 46.1 Å². The number of hydrogen-bond donors (Lipinski definition) is 2. The van der Waals surface area contributed by atoms with E-state index in [1.54, 1.807) is 49.1 Å². The number of benzene rings is 1. The molecule has 0 aliphatic rings. The molecule has 1 amide bonds. The van der Waals surface area contributed by atoms with Crippen LogP contribution < -0.4 is 10.1 Å². The van der Waals surface area contributed by atoms with Crippen molar-refractivity contribution < 1.29 is 23.8 Å². The molecular weight excluding hydrogens is 459 g/mol. The Kier molecular flexibility index (Phi) is 8.98. The Bertz CT molecular complexity index is 1250. The van der Waals surface area contributed by atoms with E-state index in [9.17, 15) is 9.18 Å². The number of aromatic nitrogens is 3. The molecule has 3 aromatic heterocycles. The minimum absolute atomic E-state index is 0.196. The van der Waals surface area contributed by atoms with E-state index in [4.69, 9.17) is 14.6 Å². The van der Waals surface area contributed by atoms with Gasteiger partial charge >= 0.3 is 0 Å². The fraction of sp³-hybridized carbons (Fsp3) is 0.208. The Balaban J connectivity index is 0.00000103. The van der Waals surface area contributed by atoms with Crippen LogP contribution in [0, 0.1) is 5.82 Å². The number of nitrogens with zero attached hydrogens (tertiary/aromatic N) is 3. The molecule has 4 rings (SSSR count). The van der Waals surface area contributed by atoms with Crippen molar-refractivity contribution in [2.24, 2.45) is 0 Å². The van der Waals surface area contributed by atoms with Crippen molar-refractivity contribution in [2.75, 3.05) is 13.7 Å². The van der Waals surface area contributed by atoms with E-state index < -0.39 is 0 Å². The predicted octanol–water partition coefficient (Wildman–Crippen LogP) is 4.35. The second-order valence-corrected chi connectivity index (χ2v) is 7.91. The van der Waals surface area contributed by atoms with Crippen LogP contribution in [0.25, 0.3) is 21.3 Å². The largest absolute Gasteiger partial charge is 0.492 e. The number of amides is 1. The maximum atomic E-state index is 13.3. The van der Waals surface area contributed by atoms with Gasteiger partial charge < -0.3 is 15.2 Å². The van der Waals surface area contributed by atoms with Gasteiger partial charge in [0.2, 0.25) is 0 Å². The molecule has 34 heavy (non-hydrogen) atoms. The molecular formula is C24H23FN4O4S. The fourth-order valence-electron chi connectivity index (χ4n) is 3.32. The third-order valence-electron chi connectivity index (χ3n) is 4.88. The molecule has 2 N–H and O–H groups in total. The van der Waals surface area contributed by atoms with Gasteiger partial charge in [0, 0.05) is 29.6 Å². The third-order valence-corrected chi connectivity index (χ3v) is 5.77. The van der Waals surface area contributed by atoms with Crippen molar-refractivity contribution in [2.45, 2.75) is 19.3 Å².